The average Bonchev–Trinajstić information content (AvgIpc) is 3.44. The Morgan fingerprint density at radius 1 is 0.889 bits per heavy atom. The molecule has 3 N–H and O–H groups in total. The SMILES string of the molecule is O=C(O)COC(=O)C(Cc1c[nH]c2ccccc12)NC(=O)OCC1c2ccccc2-c2ccccc21. The van der Waals surface area contributed by atoms with E-state index in [-0.39, 0.29) is 18.9 Å². The number of aromatic amines is 1. The van der Waals surface area contributed by atoms with E-state index in [0.29, 0.717) is 0 Å². The van der Waals surface area contributed by atoms with Gasteiger partial charge in [0.1, 0.15) is 12.6 Å². The lowest BCUT2D eigenvalue weighted by Crippen LogP contribution is -2.44. The lowest BCUT2D eigenvalue weighted by atomic mass is 9.98. The third-order valence-electron chi connectivity index (χ3n) is 6.36. The number of carbonyl (C=O) groups is 3. The van der Waals surface area contributed by atoms with E-state index in [1.54, 1.807) is 6.20 Å². The largest absolute Gasteiger partial charge is 0.479 e. The zero-order valence-electron chi connectivity index (χ0n) is 19.3. The maximum atomic E-state index is 12.8. The van der Waals surface area contributed by atoms with Crippen LogP contribution in [0.3, 0.4) is 0 Å². The molecule has 1 aliphatic rings. The molecular weight excluding hydrogens is 460 g/mol. The number of fused-ring (bicyclic) bond motifs is 4. The minimum Gasteiger partial charge on any atom is -0.479 e. The summed E-state index contributed by atoms with van der Waals surface area (Å²) in [6, 6.07) is 22.4. The molecule has 1 heterocycles. The highest BCUT2D eigenvalue weighted by Crippen LogP contribution is 2.44. The van der Waals surface area contributed by atoms with Crippen molar-refractivity contribution in [1.29, 1.82) is 0 Å². The molecule has 1 unspecified atom stereocenters. The Labute approximate surface area is 206 Å². The molecular formula is C28H24N2O6. The Morgan fingerprint density at radius 2 is 1.53 bits per heavy atom. The Kier molecular flexibility index (Phi) is 6.40. The van der Waals surface area contributed by atoms with Gasteiger partial charge >= 0.3 is 18.0 Å². The fraction of sp³-hybridized carbons (Fsp3) is 0.179. The summed E-state index contributed by atoms with van der Waals surface area (Å²) in [5.74, 6) is -2.26. The topological polar surface area (TPSA) is 118 Å². The number of ether oxygens (including phenoxy) is 2. The van der Waals surface area contributed by atoms with Crippen LogP contribution in [0.1, 0.15) is 22.6 Å². The number of aliphatic carboxylic acids is 1. The third kappa shape index (κ3) is 4.65. The molecule has 182 valence electrons. The number of nitrogens with one attached hydrogen (secondary N) is 2. The van der Waals surface area contributed by atoms with Crippen molar-refractivity contribution in [2.45, 2.75) is 18.4 Å². The Hall–Kier alpha value is -4.59. The number of alkyl carbamates (subject to hydrolysis) is 1. The molecule has 8 nitrogen and oxygen atoms in total. The van der Waals surface area contributed by atoms with Crippen LogP contribution in [-0.4, -0.2) is 47.4 Å². The van der Waals surface area contributed by atoms with Gasteiger partial charge in [-0.3, -0.25) is 0 Å². The van der Waals surface area contributed by atoms with E-state index in [2.05, 4.69) is 10.3 Å². The van der Waals surface area contributed by atoms with E-state index in [4.69, 9.17) is 14.6 Å². The predicted molar refractivity (Wildman–Crippen MR) is 133 cm³/mol. The van der Waals surface area contributed by atoms with Gasteiger partial charge in [-0.2, -0.15) is 0 Å². The summed E-state index contributed by atoms with van der Waals surface area (Å²) in [6.45, 7) is -0.709. The zero-order chi connectivity index (χ0) is 25.1. The predicted octanol–water partition coefficient (Wildman–Crippen LogP) is 4.25. The molecule has 0 fully saturated rings. The number of carboxylic acid groups (broad SMARTS) is 1. The molecule has 8 heteroatoms. The maximum Gasteiger partial charge on any atom is 0.407 e. The molecule has 0 bridgehead atoms. The number of rotatable bonds is 8. The van der Waals surface area contributed by atoms with Gasteiger partial charge in [0.25, 0.3) is 0 Å². The van der Waals surface area contributed by atoms with Crippen molar-refractivity contribution in [3.8, 4) is 11.1 Å². The van der Waals surface area contributed by atoms with E-state index in [0.717, 1.165) is 38.7 Å². The van der Waals surface area contributed by atoms with Gasteiger partial charge in [-0.15, -0.1) is 0 Å². The summed E-state index contributed by atoms with van der Waals surface area (Å²) >= 11 is 0. The number of carboxylic acids is 1. The van der Waals surface area contributed by atoms with Crippen molar-refractivity contribution >= 4 is 28.9 Å². The molecule has 0 saturated carbocycles. The van der Waals surface area contributed by atoms with Crippen molar-refractivity contribution in [2.24, 2.45) is 0 Å². The monoisotopic (exact) mass is 484 g/mol. The van der Waals surface area contributed by atoms with Gasteiger partial charge in [-0.1, -0.05) is 66.7 Å². The molecule has 4 aromatic rings. The molecule has 0 radical (unpaired) electrons. The highest BCUT2D eigenvalue weighted by Gasteiger charge is 2.30. The lowest BCUT2D eigenvalue weighted by molar-refractivity contribution is -0.156. The van der Waals surface area contributed by atoms with Crippen LogP contribution in [0.25, 0.3) is 22.0 Å². The van der Waals surface area contributed by atoms with Crippen LogP contribution in [0.15, 0.2) is 79.0 Å². The van der Waals surface area contributed by atoms with Gasteiger partial charge in [0.15, 0.2) is 6.61 Å². The summed E-state index contributed by atoms with van der Waals surface area (Å²) in [5, 5.41) is 12.4. The number of para-hydroxylation sites is 1. The first-order valence-electron chi connectivity index (χ1n) is 11.6. The quantitative estimate of drug-likeness (QED) is 0.322. The van der Waals surface area contributed by atoms with Crippen molar-refractivity contribution < 1.29 is 29.0 Å². The van der Waals surface area contributed by atoms with Crippen LogP contribution in [0.5, 0.6) is 0 Å². The van der Waals surface area contributed by atoms with Crippen molar-refractivity contribution in [3.63, 3.8) is 0 Å². The summed E-state index contributed by atoms with van der Waals surface area (Å²) in [4.78, 5) is 39.5. The van der Waals surface area contributed by atoms with Gasteiger partial charge in [0, 0.05) is 29.4 Å². The van der Waals surface area contributed by atoms with Crippen LogP contribution < -0.4 is 5.32 Å². The van der Waals surface area contributed by atoms with Gasteiger partial charge in [0.2, 0.25) is 0 Å². The maximum absolute atomic E-state index is 12.8. The smallest absolute Gasteiger partial charge is 0.407 e. The number of carbonyl (C=O) groups excluding carboxylic acids is 2. The second-order valence-corrected chi connectivity index (χ2v) is 8.59. The molecule has 1 amide bonds. The van der Waals surface area contributed by atoms with Gasteiger partial charge in [-0.05, 0) is 33.9 Å². The zero-order valence-corrected chi connectivity index (χ0v) is 19.3. The first-order valence-corrected chi connectivity index (χ1v) is 11.6. The Morgan fingerprint density at radius 3 is 2.22 bits per heavy atom. The number of benzene rings is 3. The van der Waals surface area contributed by atoms with E-state index in [1.165, 1.54) is 0 Å². The van der Waals surface area contributed by atoms with Crippen LogP contribution in [0, 0.1) is 0 Å². The molecule has 1 aromatic heterocycles. The summed E-state index contributed by atoms with van der Waals surface area (Å²) in [7, 11) is 0. The minimum absolute atomic E-state index is 0.0871. The number of amides is 1. The van der Waals surface area contributed by atoms with Gasteiger partial charge in [-0.25, -0.2) is 14.4 Å². The van der Waals surface area contributed by atoms with Crippen LogP contribution in [0.4, 0.5) is 4.79 Å². The second kappa shape index (κ2) is 9.95. The van der Waals surface area contributed by atoms with Gasteiger partial charge < -0.3 is 24.9 Å². The first-order chi connectivity index (χ1) is 17.5. The fourth-order valence-corrected chi connectivity index (χ4v) is 4.73. The molecule has 5 rings (SSSR count). The number of esters is 1. The summed E-state index contributed by atoms with van der Waals surface area (Å²) < 4.78 is 10.4. The van der Waals surface area contributed by atoms with Crippen LogP contribution in [0.2, 0.25) is 0 Å². The Balaban J connectivity index is 1.30. The molecule has 1 atom stereocenters. The standard InChI is InChI=1S/C28H24N2O6/c31-26(32)16-35-27(33)25(13-17-14-29-24-12-6-5-7-18(17)24)30-28(34)36-15-23-21-10-3-1-8-19(21)20-9-2-4-11-22(20)23/h1-12,14,23,25,29H,13,15-16H2,(H,30,34)(H,31,32). The van der Waals surface area contributed by atoms with Crippen molar-refractivity contribution in [2.75, 3.05) is 13.2 Å². The second-order valence-electron chi connectivity index (χ2n) is 8.59. The van der Waals surface area contributed by atoms with Crippen molar-refractivity contribution in [1.82, 2.24) is 10.3 Å². The highest BCUT2D eigenvalue weighted by atomic mass is 16.6. The number of hydrogen-bond acceptors (Lipinski definition) is 5. The molecule has 0 aliphatic heterocycles. The van der Waals surface area contributed by atoms with Crippen LogP contribution in [-0.2, 0) is 25.5 Å². The van der Waals surface area contributed by atoms with Crippen molar-refractivity contribution in [3.05, 3.63) is 95.7 Å². The normalized spacial score (nSPS) is 13.0. The summed E-state index contributed by atoms with van der Waals surface area (Å²) in [5.41, 5.74) is 6.02. The van der Waals surface area contributed by atoms with Crippen LogP contribution >= 0.6 is 0 Å². The number of hydrogen-bond donors (Lipinski definition) is 3. The average molecular weight is 485 g/mol. The minimum atomic E-state index is -1.28. The number of aromatic nitrogens is 1. The summed E-state index contributed by atoms with van der Waals surface area (Å²) in [6.07, 6.45) is 1.07. The van der Waals surface area contributed by atoms with E-state index < -0.39 is 30.7 Å². The molecule has 1 aliphatic carbocycles. The molecule has 0 spiro atoms. The molecule has 3 aromatic carbocycles. The third-order valence-corrected chi connectivity index (χ3v) is 6.36. The first kappa shape index (κ1) is 23.2. The fourth-order valence-electron chi connectivity index (χ4n) is 4.73. The highest BCUT2D eigenvalue weighted by molar-refractivity contribution is 5.87. The van der Waals surface area contributed by atoms with E-state index >= 15 is 0 Å². The Bertz CT molecular complexity index is 1400. The number of H-pyrrole nitrogens is 1. The van der Waals surface area contributed by atoms with E-state index in [1.807, 2.05) is 72.8 Å². The molecule has 36 heavy (non-hydrogen) atoms. The van der Waals surface area contributed by atoms with Gasteiger partial charge in [0.05, 0.1) is 0 Å². The molecule has 0 saturated heterocycles. The lowest BCUT2D eigenvalue weighted by Gasteiger charge is -2.19. The van der Waals surface area contributed by atoms with E-state index in [9.17, 15) is 14.4 Å².